The van der Waals surface area contributed by atoms with Crippen molar-refractivity contribution in [2.75, 3.05) is 18.9 Å². The van der Waals surface area contributed by atoms with Crippen LogP contribution < -0.4 is 10.6 Å². The molecule has 2 saturated carbocycles. The van der Waals surface area contributed by atoms with Gasteiger partial charge in [-0.2, -0.15) is 0 Å². The highest BCUT2D eigenvalue weighted by molar-refractivity contribution is 5.99. The van der Waals surface area contributed by atoms with E-state index >= 15 is 0 Å². The third-order valence-corrected chi connectivity index (χ3v) is 4.27. The molecule has 4 nitrogen and oxygen atoms in total. The second-order valence-electron chi connectivity index (χ2n) is 5.49. The molecule has 0 unspecified atom stereocenters. The molecule has 0 bridgehead atoms. The zero-order valence-corrected chi connectivity index (χ0v) is 10.7. The Balaban J connectivity index is 1.64. The maximum atomic E-state index is 12.2. The number of pyridine rings is 1. The quantitative estimate of drug-likeness (QED) is 0.834. The van der Waals surface area contributed by atoms with Gasteiger partial charge in [-0.25, -0.2) is 0 Å². The van der Waals surface area contributed by atoms with Crippen molar-refractivity contribution < 1.29 is 4.79 Å². The number of carbonyl (C=O) groups is 1. The Morgan fingerprint density at radius 1 is 1.50 bits per heavy atom. The monoisotopic (exact) mass is 245 g/mol. The number of nitrogens with zero attached hydrogens (tertiary/aromatic N) is 1. The van der Waals surface area contributed by atoms with Crippen LogP contribution in [0.25, 0.3) is 0 Å². The summed E-state index contributed by atoms with van der Waals surface area (Å²) in [5.41, 5.74) is 1.91. The third-order valence-electron chi connectivity index (χ3n) is 4.27. The second kappa shape index (κ2) is 4.26. The van der Waals surface area contributed by atoms with E-state index in [9.17, 15) is 4.79 Å². The van der Waals surface area contributed by atoms with Crippen molar-refractivity contribution >= 4 is 11.6 Å². The molecule has 1 aromatic heterocycles. The van der Waals surface area contributed by atoms with E-state index in [1.54, 1.807) is 12.4 Å². The van der Waals surface area contributed by atoms with Crippen LogP contribution in [0.3, 0.4) is 0 Å². The standard InChI is InChI=1S/C14H19N3O/c1-15-12-4-7-16-8-11(12)13(18)17-9-14(5-6-14)10-2-3-10/h4,7-8,10H,2-3,5-6,9H2,1H3,(H,15,16)(H,17,18). The molecule has 0 saturated heterocycles. The summed E-state index contributed by atoms with van der Waals surface area (Å²) in [6, 6.07) is 1.82. The van der Waals surface area contributed by atoms with Crippen LogP contribution in [0.15, 0.2) is 18.5 Å². The van der Waals surface area contributed by atoms with Gasteiger partial charge >= 0.3 is 0 Å². The van der Waals surface area contributed by atoms with Gasteiger partial charge in [0.15, 0.2) is 0 Å². The smallest absolute Gasteiger partial charge is 0.254 e. The summed E-state index contributed by atoms with van der Waals surface area (Å²) in [6.45, 7) is 0.828. The summed E-state index contributed by atoms with van der Waals surface area (Å²) >= 11 is 0. The average Bonchev–Trinajstić information content (AvgIpc) is 3.28. The fourth-order valence-corrected chi connectivity index (χ4v) is 2.73. The molecule has 2 N–H and O–H groups in total. The largest absolute Gasteiger partial charge is 0.387 e. The van der Waals surface area contributed by atoms with Gasteiger partial charge in [-0.1, -0.05) is 0 Å². The molecule has 2 aliphatic rings. The molecule has 0 spiro atoms. The molecule has 1 amide bonds. The lowest BCUT2D eigenvalue weighted by atomic mass is 10.0. The number of amides is 1. The first-order valence-electron chi connectivity index (χ1n) is 6.65. The fraction of sp³-hybridized carbons (Fsp3) is 0.571. The van der Waals surface area contributed by atoms with Crippen LogP contribution in [0.5, 0.6) is 0 Å². The van der Waals surface area contributed by atoms with E-state index in [1.807, 2.05) is 13.1 Å². The number of hydrogen-bond acceptors (Lipinski definition) is 3. The van der Waals surface area contributed by atoms with E-state index in [0.717, 1.165) is 18.2 Å². The van der Waals surface area contributed by atoms with Crippen molar-refractivity contribution in [1.82, 2.24) is 10.3 Å². The van der Waals surface area contributed by atoms with Crippen molar-refractivity contribution in [3.8, 4) is 0 Å². The first-order chi connectivity index (χ1) is 8.75. The lowest BCUT2D eigenvalue weighted by Gasteiger charge is -2.15. The topological polar surface area (TPSA) is 54.0 Å². The van der Waals surface area contributed by atoms with E-state index in [0.29, 0.717) is 11.0 Å². The molecule has 96 valence electrons. The van der Waals surface area contributed by atoms with Crippen molar-refractivity contribution in [1.29, 1.82) is 0 Å². The summed E-state index contributed by atoms with van der Waals surface area (Å²) in [5, 5.41) is 6.10. The molecular formula is C14H19N3O. The van der Waals surface area contributed by atoms with Crippen LogP contribution in [0, 0.1) is 11.3 Å². The van der Waals surface area contributed by atoms with Gasteiger partial charge in [0.1, 0.15) is 0 Å². The number of hydrogen-bond donors (Lipinski definition) is 2. The Hall–Kier alpha value is -1.58. The molecule has 1 aromatic rings. The molecule has 3 rings (SSSR count). The Kier molecular flexibility index (Phi) is 2.73. The van der Waals surface area contributed by atoms with Crippen molar-refractivity contribution in [2.45, 2.75) is 25.7 Å². The number of rotatable bonds is 5. The molecule has 0 aromatic carbocycles. The highest BCUT2D eigenvalue weighted by atomic mass is 16.1. The van der Waals surface area contributed by atoms with E-state index in [1.165, 1.54) is 25.7 Å². The summed E-state index contributed by atoms with van der Waals surface area (Å²) in [6.07, 6.45) is 8.58. The van der Waals surface area contributed by atoms with Crippen LogP contribution in [-0.4, -0.2) is 24.5 Å². The van der Waals surface area contributed by atoms with Gasteiger partial charge in [0.25, 0.3) is 5.91 Å². The first kappa shape index (κ1) is 11.5. The van der Waals surface area contributed by atoms with Gasteiger partial charge in [-0.3, -0.25) is 9.78 Å². The summed E-state index contributed by atoms with van der Waals surface area (Å²) in [5.74, 6) is 0.856. The van der Waals surface area contributed by atoms with Gasteiger partial charge in [0.2, 0.25) is 0 Å². The SMILES string of the molecule is CNc1ccncc1C(=O)NCC1(C2CC2)CC1. The second-order valence-corrected chi connectivity index (χ2v) is 5.49. The number of nitrogens with one attached hydrogen (secondary N) is 2. The predicted molar refractivity (Wildman–Crippen MR) is 70.5 cm³/mol. The lowest BCUT2D eigenvalue weighted by molar-refractivity contribution is 0.0943. The minimum atomic E-state index is -0.0145. The lowest BCUT2D eigenvalue weighted by Crippen LogP contribution is -2.31. The van der Waals surface area contributed by atoms with Crippen molar-refractivity contribution in [3.05, 3.63) is 24.0 Å². The van der Waals surface area contributed by atoms with Crippen LogP contribution in [0.1, 0.15) is 36.0 Å². The van der Waals surface area contributed by atoms with Gasteiger partial charge < -0.3 is 10.6 Å². The minimum Gasteiger partial charge on any atom is -0.387 e. The molecule has 0 atom stereocenters. The molecule has 0 radical (unpaired) electrons. The maximum absolute atomic E-state index is 12.2. The molecule has 4 heteroatoms. The highest BCUT2D eigenvalue weighted by Crippen LogP contribution is 2.60. The Morgan fingerprint density at radius 3 is 2.89 bits per heavy atom. The average molecular weight is 245 g/mol. The van der Waals surface area contributed by atoms with E-state index in [2.05, 4.69) is 15.6 Å². The fourth-order valence-electron chi connectivity index (χ4n) is 2.73. The van der Waals surface area contributed by atoms with Crippen molar-refractivity contribution in [3.63, 3.8) is 0 Å². The van der Waals surface area contributed by atoms with E-state index in [4.69, 9.17) is 0 Å². The Labute approximate surface area is 107 Å². The van der Waals surface area contributed by atoms with E-state index in [-0.39, 0.29) is 5.91 Å². The van der Waals surface area contributed by atoms with Crippen LogP contribution >= 0.6 is 0 Å². The van der Waals surface area contributed by atoms with Gasteiger partial charge in [-0.15, -0.1) is 0 Å². The summed E-state index contributed by atoms with van der Waals surface area (Å²) < 4.78 is 0. The predicted octanol–water partition coefficient (Wildman–Crippen LogP) is 2.04. The normalized spacial score (nSPS) is 20.3. The molecule has 18 heavy (non-hydrogen) atoms. The Morgan fingerprint density at radius 2 is 2.28 bits per heavy atom. The molecule has 2 aliphatic carbocycles. The van der Waals surface area contributed by atoms with Crippen LogP contribution in [0.2, 0.25) is 0 Å². The Bertz CT molecular complexity index is 464. The summed E-state index contributed by atoms with van der Waals surface area (Å²) in [7, 11) is 1.82. The summed E-state index contributed by atoms with van der Waals surface area (Å²) in [4.78, 5) is 16.2. The molecule has 2 fully saturated rings. The minimum absolute atomic E-state index is 0.0145. The third kappa shape index (κ3) is 2.07. The van der Waals surface area contributed by atoms with Crippen molar-refractivity contribution in [2.24, 2.45) is 11.3 Å². The number of carbonyl (C=O) groups excluding carboxylic acids is 1. The highest BCUT2D eigenvalue weighted by Gasteiger charge is 2.53. The molecule has 1 heterocycles. The molecule has 0 aliphatic heterocycles. The maximum Gasteiger partial charge on any atom is 0.254 e. The first-order valence-corrected chi connectivity index (χ1v) is 6.65. The zero-order chi connectivity index (χ0) is 12.6. The van der Waals surface area contributed by atoms with Crippen LogP contribution in [-0.2, 0) is 0 Å². The van der Waals surface area contributed by atoms with Crippen LogP contribution in [0.4, 0.5) is 5.69 Å². The van der Waals surface area contributed by atoms with Gasteiger partial charge in [-0.05, 0) is 43.1 Å². The zero-order valence-electron chi connectivity index (χ0n) is 10.7. The van der Waals surface area contributed by atoms with E-state index < -0.39 is 0 Å². The van der Waals surface area contributed by atoms with Gasteiger partial charge in [0, 0.05) is 31.7 Å². The van der Waals surface area contributed by atoms with Gasteiger partial charge in [0.05, 0.1) is 5.56 Å². The molecular weight excluding hydrogens is 226 g/mol. The number of aromatic nitrogens is 1. The number of anilines is 1.